The predicted octanol–water partition coefficient (Wildman–Crippen LogP) is 4.91. The first-order valence-electron chi connectivity index (χ1n) is 12.8. The molecule has 0 saturated carbocycles. The van der Waals surface area contributed by atoms with Crippen molar-refractivity contribution in [1.29, 1.82) is 0 Å². The zero-order chi connectivity index (χ0) is 30.7. The number of hydrogen-bond acceptors (Lipinski definition) is 7. The van der Waals surface area contributed by atoms with Gasteiger partial charge in [-0.15, -0.1) is 0 Å². The topological polar surface area (TPSA) is 117 Å². The van der Waals surface area contributed by atoms with Crippen molar-refractivity contribution >= 4 is 63.6 Å². The maximum atomic E-state index is 13.3. The number of nitrogens with one attached hydrogen (secondary N) is 2. The van der Waals surface area contributed by atoms with E-state index in [9.17, 15) is 9.59 Å². The molecule has 5 aromatic rings. The van der Waals surface area contributed by atoms with Crippen molar-refractivity contribution in [2.24, 2.45) is 19.2 Å². The summed E-state index contributed by atoms with van der Waals surface area (Å²) in [5, 5.41) is 8.41. The Balaban J connectivity index is 1.46. The summed E-state index contributed by atoms with van der Waals surface area (Å²) in [6.45, 7) is 0.116. The van der Waals surface area contributed by atoms with Gasteiger partial charge in [0.05, 0.1) is 19.9 Å². The van der Waals surface area contributed by atoms with Gasteiger partial charge in [-0.1, -0.05) is 47.5 Å². The van der Waals surface area contributed by atoms with Gasteiger partial charge in [0.25, 0.3) is 5.56 Å². The molecular formula is C29H25Cl2N7O4S. The number of fused-ring (bicyclic) bond motifs is 1. The van der Waals surface area contributed by atoms with Crippen molar-refractivity contribution in [3.05, 3.63) is 109 Å². The second-order valence-corrected chi connectivity index (χ2v) is 10.5. The SMILES string of the molecule is COc1cc(C=NNC(=S)Nc2ccccc2)ccc1Oc1nc2c(c(=O)n(C)c(=O)n2C)n1Cc1ccc(Cl)cc1Cl. The molecule has 220 valence electrons. The number of hydrazone groups is 1. The fourth-order valence-electron chi connectivity index (χ4n) is 4.26. The first-order chi connectivity index (χ1) is 20.7. The van der Waals surface area contributed by atoms with Crippen molar-refractivity contribution in [2.45, 2.75) is 6.54 Å². The summed E-state index contributed by atoms with van der Waals surface area (Å²) in [7, 11) is 4.43. The van der Waals surface area contributed by atoms with E-state index < -0.39 is 11.2 Å². The van der Waals surface area contributed by atoms with E-state index in [1.807, 2.05) is 30.3 Å². The van der Waals surface area contributed by atoms with Crippen molar-refractivity contribution in [3.63, 3.8) is 0 Å². The van der Waals surface area contributed by atoms with Crippen LogP contribution in [-0.2, 0) is 20.6 Å². The number of hydrogen-bond donors (Lipinski definition) is 2. The van der Waals surface area contributed by atoms with Gasteiger partial charge in [-0.05, 0) is 65.8 Å². The molecule has 2 heterocycles. The van der Waals surface area contributed by atoms with Crippen LogP contribution in [0.15, 0.2) is 81.4 Å². The highest BCUT2D eigenvalue weighted by Gasteiger charge is 2.22. The van der Waals surface area contributed by atoms with Gasteiger partial charge in [0.1, 0.15) is 0 Å². The lowest BCUT2D eigenvalue weighted by Crippen LogP contribution is -2.37. The number of ether oxygens (including phenoxy) is 2. The lowest BCUT2D eigenvalue weighted by atomic mass is 10.2. The Labute approximate surface area is 260 Å². The fourth-order valence-corrected chi connectivity index (χ4v) is 4.90. The van der Waals surface area contributed by atoms with Crippen molar-refractivity contribution in [1.82, 2.24) is 24.1 Å². The van der Waals surface area contributed by atoms with Gasteiger partial charge in [0, 0.05) is 29.8 Å². The normalized spacial score (nSPS) is 11.2. The van der Waals surface area contributed by atoms with E-state index in [0.717, 1.165) is 10.3 Å². The smallest absolute Gasteiger partial charge is 0.332 e. The number of methoxy groups -OCH3 is 1. The summed E-state index contributed by atoms with van der Waals surface area (Å²) in [5.41, 5.74) is 4.23. The monoisotopic (exact) mass is 637 g/mol. The Hall–Kier alpha value is -4.65. The lowest BCUT2D eigenvalue weighted by Gasteiger charge is -2.13. The Kier molecular flexibility index (Phi) is 8.81. The minimum Gasteiger partial charge on any atom is -0.493 e. The average molecular weight is 639 g/mol. The van der Waals surface area contributed by atoms with Crippen LogP contribution in [0.4, 0.5) is 5.69 Å². The molecule has 2 aromatic heterocycles. The second-order valence-electron chi connectivity index (χ2n) is 9.30. The number of anilines is 1. The summed E-state index contributed by atoms with van der Waals surface area (Å²) in [4.78, 5) is 30.4. The van der Waals surface area contributed by atoms with E-state index in [-0.39, 0.29) is 23.7 Å². The van der Waals surface area contributed by atoms with E-state index in [1.54, 1.807) is 47.2 Å². The van der Waals surface area contributed by atoms with Crippen LogP contribution in [-0.4, -0.2) is 37.1 Å². The number of aryl methyl sites for hydroxylation is 1. The van der Waals surface area contributed by atoms with E-state index in [4.69, 9.17) is 44.9 Å². The molecule has 3 aromatic carbocycles. The van der Waals surface area contributed by atoms with Crippen LogP contribution in [0.3, 0.4) is 0 Å². The van der Waals surface area contributed by atoms with E-state index in [2.05, 4.69) is 20.8 Å². The van der Waals surface area contributed by atoms with Gasteiger partial charge in [0.15, 0.2) is 27.8 Å². The molecule has 43 heavy (non-hydrogen) atoms. The summed E-state index contributed by atoms with van der Waals surface area (Å²) in [6, 6.07) is 19.7. The molecule has 0 aliphatic rings. The number of thiocarbonyl (C=S) groups is 1. The summed E-state index contributed by atoms with van der Waals surface area (Å²) >= 11 is 17.8. The highest BCUT2D eigenvalue weighted by Crippen LogP contribution is 2.34. The van der Waals surface area contributed by atoms with E-state index in [0.29, 0.717) is 37.8 Å². The van der Waals surface area contributed by atoms with Crippen LogP contribution in [0.5, 0.6) is 17.5 Å². The molecule has 0 fully saturated rings. The maximum Gasteiger partial charge on any atom is 0.332 e. The molecule has 5 rings (SSSR count). The molecule has 0 saturated heterocycles. The third kappa shape index (κ3) is 6.41. The molecule has 0 bridgehead atoms. The minimum absolute atomic E-state index is 0.0537. The Morgan fingerprint density at radius 2 is 1.79 bits per heavy atom. The third-order valence-electron chi connectivity index (χ3n) is 6.46. The second kappa shape index (κ2) is 12.7. The zero-order valence-corrected chi connectivity index (χ0v) is 25.5. The molecular weight excluding hydrogens is 613 g/mol. The first-order valence-corrected chi connectivity index (χ1v) is 13.9. The van der Waals surface area contributed by atoms with Gasteiger partial charge >= 0.3 is 11.7 Å². The van der Waals surface area contributed by atoms with Gasteiger partial charge in [-0.3, -0.25) is 23.9 Å². The Bertz CT molecular complexity index is 1990. The van der Waals surface area contributed by atoms with Crippen LogP contribution in [0.2, 0.25) is 10.0 Å². The average Bonchev–Trinajstić information content (AvgIpc) is 3.35. The molecule has 0 spiro atoms. The predicted molar refractivity (Wildman–Crippen MR) is 172 cm³/mol. The fraction of sp³-hybridized carbons (Fsp3) is 0.138. The van der Waals surface area contributed by atoms with Crippen LogP contribution in [0.1, 0.15) is 11.1 Å². The molecule has 0 aliphatic heterocycles. The number of halogens is 2. The van der Waals surface area contributed by atoms with Crippen molar-refractivity contribution in [3.8, 4) is 17.5 Å². The lowest BCUT2D eigenvalue weighted by molar-refractivity contribution is 0.361. The molecule has 0 unspecified atom stereocenters. The molecule has 0 amide bonds. The minimum atomic E-state index is -0.531. The van der Waals surface area contributed by atoms with Crippen LogP contribution in [0, 0.1) is 0 Å². The van der Waals surface area contributed by atoms with E-state index >= 15 is 0 Å². The Morgan fingerprint density at radius 3 is 2.51 bits per heavy atom. The maximum absolute atomic E-state index is 13.3. The Morgan fingerprint density at radius 1 is 1.02 bits per heavy atom. The standard InChI is InChI=1S/C29H25Cl2N7O4S/c1-36-25-24(26(39)37(2)29(36)40)38(16-18-10-11-19(30)14-21(18)31)28(34-25)42-22-12-9-17(13-23(22)41-3)15-32-35-27(43)33-20-7-5-4-6-8-20/h4-15H,16H2,1-3H3,(H2,33,35,43). The largest absolute Gasteiger partial charge is 0.493 e. The number of nitrogens with zero attached hydrogens (tertiary/aromatic N) is 5. The molecule has 11 nitrogen and oxygen atoms in total. The van der Waals surface area contributed by atoms with Gasteiger partial charge in [0.2, 0.25) is 0 Å². The molecule has 0 aliphatic carbocycles. The van der Waals surface area contributed by atoms with Gasteiger partial charge in [-0.2, -0.15) is 10.1 Å². The number of para-hydroxylation sites is 1. The number of imidazole rings is 1. The number of benzene rings is 3. The van der Waals surface area contributed by atoms with Gasteiger partial charge < -0.3 is 14.8 Å². The summed E-state index contributed by atoms with van der Waals surface area (Å²) < 4.78 is 15.6. The summed E-state index contributed by atoms with van der Waals surface area (Å²) in [6.07, 6.45) is 1.57. The van der Waals surface area contributed by atoms with Crippen LogP contribution >= 0.6 is 35.4 Å². The summed E-state index contributed by atoms with van der Waals surface area (Å²) in [5.74, 6) is 0.688. The van der Waals surface area contributed by atoms with Gasteiger partial charge in [-0.25, -0.2) is 4.79 Å². The molecule has 0 radical (unpaired) electrons. The molecule has 14 heteroatoms. The quantitative estimate of drug-likeness (QED) is 0.140. The number of aromatic nitrogens is 4. The zero-order valence-electron chi connectivity index (χ0n) is 23.2. The first kappa shape index (κ1) is 29.8. The van der Waals surface area contributed by atoms with Crippen LogP contribution < -0.4 is 31.5 Å². The van der Waals surface area contributed by atoms with Crippen molar-refractivity contribution in [2.75, 3.05) is 12.4 Å². The highest BCUT2D eigenvalue weighted by molar-refractivity contribution is 7.80. The van der Waals surface area contributed by atoms with E-state index in [1.165, 1.54) is 25.8 Å². The van der Waals surface area contributed by atoms with Crippen molar-refractivity contribution < 1.29 is 9.47 Å². The highest BCUT2D eigenvalue weighted by atomic mass is 35.5. The third-order valence-corrected chi connectivity index (χ3v) is 7.24. The van der Waals surface area contributed by atoms with Crippen LogP contribution in [0.25, 0.3) is 11.2 Å². The molecule has 0 atom stereocenters. The number of rotatable bonds is 8. The molecule has 2 N–H and O–H groups in total.